The minimum atomic E-state index is 0.108. The maximum Gasteiger partial charge on any atom is 0.223 e. The molecular formula is C13H16N4O. The number of hydrogen-bond donors (Lipinski definition) is 2. The van der Waals surface area contributed by atoms with Gasteiger partial charge in [-0.15, -0.1) is 0 Å². The molecule has 2 aliphatic heterocycles. The second kappa shape index (κ2) is 4.33. The molecule has 0 aliphatic carbocycles. The van der Waals surface area contributed by atoms with E-state index < -0.39 is 0 Å². The van der Waals surface area contributed by atoms with Crippen LogP contribution in [0.3, 0.4) is 0 Å². The normalized spacial score (nSPS) is 17.2. The maximum atomic E-state index is 11.5. The third-order valence-corrected chi connectivity index (χ3v) is 3.29. The van der Waals surface area contributed by atoms with E-state index in [-0.39, 0.29) is 5.91 Å². The molecule has 1 amide bonds. The number of guanidine groups is 1. The van der Waals surface area contributed by atoms with Gasteiger partial charge in [-0.1, -0.05) is 0 Å². The number of carbonyl (C=O) groups excluding carboxylic acids is 1. The summed E-state index contributed by atoms with van der Waals surface area (Å²) in [7, 11) is 0. The van der Waals surface area contributed by atoms with E-state index in [4.69, 9.17) is 0 Å². The van der Waals surface area contributed by atoms with Crippen LogP contribution < -0.4 is 15.5 Å². The second-order valence-electron chi connectivity index (χ2n) is 4.55. The summed E-state index contributed by atoms with van der Waals surface area (Å²) in [4.78, 5) is 17.6. The van der Waals surface area contributed by atoms with E-state index in [0.29, 0.717) is 0 Å². The Balaban J connectivity index is 1.82. The van der Waals surface area contributed by atoms with Crippen LogP contribution in [0, 0.1) is 0 Å². The molecule has 5 heteroatoms. The second-order valence-corrected chi connectivity index (χ2v) is 4.55. The Morgan fingerprint density at radius 1 is 1.50 bits per heavy atom. The molecule has 0 radical (unpaired) electrons. The lowest BCUT2D eigenvalue weighted by atomic mass is 10.1. The van der Waals surface area contributed by atoms with Gasteiger partial charge in [-0.3, -0.25) is 9.79 Å². The minimum absolute atomic E-state index is 0.108. The Morgan fingerprint density at radius 3 is 3.11 bits per heavy atom. The lowest BCUT2D eigenvalue weighted by Crippen LogP contribution is -2.26. The first-order chi connectivity index (χ1) is 8.74. The van der Waals surface area contributed by atoms with Crippen LogP contribution in [0.1, 0.15) is 12.5 Å². The lowest BCUT2D eigenvalue weighted by molar-refractivity contribution is -0.116. The molecule has 0 unspecified atom stereocenters. The summed E-state index contributed by atoms with van der Waals surface area (Å²) >= 11 is 0. The lowest BCUT2D eigenvalue weighted by Gasteiger charge is -2.15. The number of rotatable bonds is 1. The zero-order chi connectivity index (χ0) is 12.5. The fraction of sp³-hybridized carbons (Fsp3) is 0.385. The highest BCUT2D eigenvalue weighted by molar-refractivity contribution is 5.97. The summed E-state index contributed by atoms with van der Waals surface area (Å²) in [5.41, 5.74) is 3.27. The van der Waals surface area contributed by atoms with Crippen LogP contribution in [0.15, 0.2) is 23.2 Å². The number of benzene rings is 1. The fourth-order valence-corrected chi connectivity index (χ4v) is 2.42. The number of fused-ring (bicyclic) bond motifs is 1. The molecule has 2 aliphatic rings. The van der Waals surface area contributed by atoms with Gasteiger partial charge in [-0.25, -0.2) is 0 Å². The summed E-state index contributed by atoms with van der Waals surface area (Å²) in [6.45, 7) is 4.11. The summed E-state index contributed by atoms with van der Waals surface area (Å²) in [5.74, 6) is 0.938. The molecule has 0 bridgehead atoms. The van der Waals surface area contributed by atoms with Gasteiger partial charge in [0.1, 0.15) is 0 Å². The summed E-state index contributed by atoms with van der Waals surface area (Å²) in [6.07, 6.45) is 0.921. The summed E-state index contributed by atoms with van der Waals surface area (Å²) in [6, 6.07) is 6.09. The first-order valence-corrected chi connectivity index (χ1v) is 6.20. The Hall–Kier alpha value is -2.04. The van der Waals surface area contributed by atoms with Crippen molar-refractivity contribution in [2.24, 2.45) is 4.99 Å². The van der Waals surface area contributed by atoms with Crippen LogP contribution in [-0.4, -0.2) is 31.5 Å². The minimum Gasteiger partial charge on any atom is -0.354 e. The number of amides is 1. The molecule has 1 aromatic rings. The molecule has 94 valence electrons. The Labute approximate surface area is 106 Å². The Kier molecular flexibility index (Phi) is 2.66. The van der Waals surface area contributed by atoms with E-state index in [1.54, 1.807) is 6.92 Å². The van der Waals surface area contributed by atoms with Gasteiger partial charge in [-0.05, 0) is 30.2 Å². The van der Waals surface area contributed by atoms with E-state index in [1.165, 1.54) is 5.56 Å². The van der Waals surface area contributed by atoms with Crippen LogP contribution in [-0.2, 0) is 11.2 Å². The monoisotopic (exact) mass is 244 g/mol. The topological polar surface area (TPSA) is 56.7 Å². The SMILES string of the molecule is CC(=O)N1CCc2cc(NC3=NCCN3)ccc21. The van der Waals surface area contributed by atoms with Crippen molar-refractivity contribution in [1.29, 1.82) is 0 Å². The van der Waals surface area contributed by atoms with Gasteiger partial charge in [0.25, 0.3) is 0 Å². The van der Waals surface area contributed by atoms with Crippen LogP contribution in [0.2, 0.25) is 0 Å². The first-order valence-electron chi connectivity index (χ1n) is 6.20. The van der Waals surface area contributed by atoms with Crippen molar-refractivity contribution < 1.29 is 4.79 Å². The van der Waals surface area contributed by atoms with Crippen LogP contribution >= 0.6 is 0 Å². The molecule has 0 saturated carbocycles. The molecule has 2 N–H and O–H groups in total. The van der Waals surface area contributed by atoms with Crippen molar-refractivity contribution in [3.05, 3.63) is 23.8 Å². The molecule has 5 nitrogen and oxygen atoms in total. The molecule has 0 spiro atoms. The number of carbonyl (C=O) groups is 1. The fourth-order valence-electron chi connectivity index (χ4n) is 2.42. The Morgan fingerprint density at radius 2 is 2.39 bits per heavy atom. The number of hydrogen-bond acceptors (Lipinski definition) is 4. The maximum absolute atomic E-state index is 11.5. The van der Waals surface area contributed by atoms with Gasteiger partial charge in [0.2, 0.25) is 5.91 Å². The van der Waals surface area contributed by atoms with Crippen molar-refractivity contribution in [3.63, 3.8) is 0 Å². The summed E-state index contributed by atoms with van der Waals surface area (Å²) in [5, 5.41) is 6.42. The predicted molar refractivity (Wildman–Crippen MR) is 72.1 cm³/mol. The third kappa shape index (κ3) is 1.92. The number of aliphatic imine (C=N–C) groups is 1. The van der Waals surface area contributed by atoms with E-state index >= 15 is 0 Å². The standard InChI is InChI=1S/C13H16N4O/c1-9(18)17-7-4-10-8-11(2-3-12(10)17)16-13-14-5-6-15-13/h2-3,8H,4-7H2,1H3,(H2,14,15,16). The van der Waals surface area contributed by atoms with Gasteiger partial charge in [0.05, 0.1) is 6.54 Å². The largest absolute Gasteiger partial charge is 0.354 e. The Bertz CT molecular complexity index is 524. The van der Waals surface area contributed by atoms with Crippen molar-refractivity contribution in [1.82, 2.24) is 5.32 Å². The predicted octanol–water partition coefficient (Wildman–Crippen LogP) is 0.967. The van der Waals surface area contributed by atoms with E-state index in [0.717, 1.165) is 43.4 Å². The molecule has 0 atom stereocenters. The van der Waals surface area contributed by atoms with Gasteiger partial charge < -0.3 is 15.5 Å². The van der Waals surface area contributed by atoms with Gasteiger partial charge in [-0.2, -0.15) is 0 Å². The smallest absolute Gasteiger partial charge is 0.223 e. The summed E-state index contributed by atoms with van der Waals surface area (Å²) < 4.78 is 0. The number of anilines is 2. The van der Waals surface area contributed by atoms with Crippen LogP contribution in [0.25, 0.3) is 0 Å². The zero-order valence-corrected chi connectivity index (χ0v) is 10.4. The van der Waals surface area contributed by atoms with Gasteiger partial charge in [0, 0.05) is 31.4 Å². The number of nitrogens with one attached hydrogen (secondary N) is 2. The highest BCUT2D eigenvalue weighted by Crippen LogP contribution is 2.30. The van der Waals surface area contributed by atoms with Crippen LogP contribution in [0.4, 0.5) is 11.4 Å². The van der Waals surface area contributed by atoms with Crippen molar-refractivity contribution in [3.8, 4) is 0 Å². The first kappa shape index (κ1) is 11.1. The molecule has 1 aromatic carbocycles. The van der Waals surface area contributed by atoms with Crippen molar-refractivity contribution >= 4 is 23.2 Å². The molecule has 3 rings (SSSR count). The van der Waals surface area contributed by atoms with E-state index in [1.807, 2.05) is 17.0 Å². The molecule has 0 aromatic heterocycles. The molecule has 2 heterocycles. The molecule has 0 fully saturated rings. The average molecular weight is 244 g/mol. The highest BCUT2D eigenvalue weighted by atomic mass is 16.2. The average Bonchev–Trinajstić information content (AvgIpc) is 2.97. The van der Waals surface area contributed by atoms with Crippen molar-refractivity contribution in [2.45, 2.75) is 13.3 Å². The molecule has 0 saturated heterocycles. The van der Waals surface area contributed by atoms with Crippen molar-refractivity contribution in [2.75, 3.05) is 29.9 Å². The highest BCUT2D eigenvalue weighted by Gasteiger charge is 2.22. The van der Waals surface area contributed by atoms with Crippen LogP contribution in [0.5, 0.6) is 0 Å². The third-order valence-electron chi connectivity index (χ3n) is 3.29. The molecule has 18 heavy (non-hydrogen) atoms. The van der Waals surface area contributed by atoms with E-state index in [2.05, 4.69) is 21.7 Å². The molecular weight excluding hydrogens is 228 g/mol. The van der Waals surface area contributed by atoms with Gasteiger partial charge in [0.15, 0.2) is 5.96 Å². The van der Waals surface area contributed by atoms with Gasteiger partial charge >= 0.3 is 0 Å². The zero-order valence-electron chi connectivity index (χ0n) is 10.4. The quantitative estimate of drug-likeness (QED) is 0.774. The number of nitrogens with zero attached hydrogens (tertiary/aromatic N) is 2. The van der Waals surface area contributed by atoms with E-state index in [9.17, 15) is 4.79 Å².